The van der Waals surface area contributed by atoms with Gasteiger partial charge in [-0.05, 0) is 112 Å². The Hall–Kier alpha value is -3.62. The molecule has 1 unspecified atom stereocenters. The normalized spacial score (nSPS) is 15.1. The molecule has 0 spiro atoms. The van der Waals surface area contributed by atoms with E-state index in [1.807, 2.05) is 13.0 Å². The van der Waals surface area contributed by atoms with E-state index in [0.29, 0.717) is 70.3 Å². The molecule has 1 N–H and O–H groups in total. The predicted octanol–water partition coefficient (Wildman–Crippen LogP) is 7.24. The van der Waals surface area contributed by atoms with Crippen LogP contribution in [0.4, 0.5) is 10.1 Å². The highest BCUT2D eigenvalue weighted by Gasteiger charge is 2.37. The van der Waals surface area contributed by atoms with Gasteiger partial charge in [-0.15, -0.1) is 0 Å². The van der Waals surface area contributed by atoms with Gasteiger partial charge in [-0.25, -0.2) is 9.18 Å². The maximum Gasteiger partial charge on any atom is 0.337 e. The SMILES string of the molecule is COc1cc(Cl)cc(C(=O)N2CCc3c2cc(C)c(C(OC(C)(C)C)C(=O)O)c3-c2cc(F)c3c(c2C)CCCO3)c1. The molecule has 0 fully saturated rings. The van der Waals surface area contributed by atoms with Crippen molar-refractivity contribution in [1.82, 2.24) is 0 Å². The molecule has 5 rings (SSSR count). The maximum atomic E-state index is 15.6. The second-order valence-electron chi connectivity index (χ2n) is 11.8. The first kappa shape index (κ1) is 29.9. The van der Waals surface area contributed by atoms with Crippen molar-refractivity contribution in [2.75, 3.05) is 25.2 Å². The Kier molecular flexibility index (Phi) is 7.98. The number of methoxy groups -OCH3 is 1. The number of carboxylic acid groups (broad SMARTS) is 1. The Labute approximate surface area is 250 Å². The van der Waals surface area contributed by atoms with E-state index in [1.54, 1.807) is 50.8 Å². The first-order valence-electron chi connectivity index (χ1n) is 14.0. The summed E-state index contributed by atoms with van der Waals surface area (Å²) in [5.74, 6) is -1.20. The zero-order chi connectivity index (χ0) is 30.5. The van der Waals surface area contributed by atoms with E-state index in [0.717, 1.165) is 23.1 Å². The summed E-state index contributed by atoms with van der Waals surface area (Å²) < 4.78 is 32.7. The number of hydrogen-bond donors (Lipinski definition) is 1. The van der Waals surface area contributed by atoms with Crippen molar-refractivity contribution in [3.8, 4) is 22.6 Å². The first-order chi connectivity index (χ1) is 19.8. The number of aryl methyl sites for hydroxylation is 1. The van der Waals surface area contributed by atoms with Gasteiger partial charge in [0.2, 0.25) is 0 Å². The lowest BCUT2D eigenvalue weighted by Crippen LogP contribution is -2.29. The van der Waals surface area contributed by atoms with Gasteiger partial charge < -0.3 is 24.2 Å². The molecule has 0 radical (unpaired) electrons. The van der Waals surface area contributed by atoms with Crippen molar-refractivity contribution in [3.63, 3.8) is 0 Å². The molecule has 42 heavy (non-hydrogen) atoms. The molecule has 2 aliphatic heterocycles. The lowest BCUT2D eigenvalue weighted by molar-refractivity contribution is -0.160. The summed E-state index contributed by atoms with van der Waals surface area (Å²) in [6, 6.07) is 8.11. The van der Waals surface area contributed by atoms with Crippen LogP contribution >= 0.6 is 11.6 Å². The zero-order valence-corrected chi connectivity index (χ0v) is 25.4. The molecule has 7 nitrogen and oxygen atoms in total. The number of carbonyl (C=O) groups is 2. The molecule has 0 aromatic heterocycles. The number of hydrogen-bond acceptors (Lipinski definition) is 5. The lowest BCUT2D eigenvalue weighted by Gasteiger charge is -2.30. The monoisotopic (exact) mass is 595 g/mol. The number of rotatable bonds is 6. The number of fused-ring (bicyclic) bond motifs is 2. The maximum absolute atomic E-state index is 15.6. The Morgan fingerprint density at radius 1 is 1.10 bits per heavy atom. The average Bonchev–Trinajstić information content (AvgIpc) is 3.35. The van der Waals surface area contributed by atoms with Crippen LogP contribution in [0, 0.1) is 19.7 Å². The Morgan fingerprint density at radius 2 is 1.83 bits per heavy atom. The fraction of sp³-hybridized carbons (Fsp3) is 0.394. The van der Waals surface area contributed by atoms with Crippen molar-refractivity contribution in [3.05, 3.63) is 74.6 Å². The van der Waals surface area contributed by atoms with Crippen LogP contribution in [0.5, 0.6) is 11.5 Å². The third-order valence-corrected chi connectivity index (χ3v) is 8.02. The highest BCUT2D eigenvalue weighted by atomic mass is 35.5. The largest absolute Gasteiger partial charge is 0.497 e. The van der Waals surface area contributed by atoms with Crippen LogP contribution in [0.2, 0.25) is 5.02 Å². The smallest absolute Gasteiger partial charge is 0.337 e. The van der Waals surface area contributed by atoms with E-state index in [1.165, 1.54) is 13.2 Å². The number of nitrogens with zero attached hydrogens (tertiary/aromatic N) is 1. The van der Waals surface area contributed by atoms with Gasteiger partial charge in [-0.3, -0.25) is 4.79 Å². The van der Waals surface area contributed by atoms with E-state index in [9.17, 15) is 14.7 Å². The van der Waals surface area contributed by atoms with Crippen LogP contribution in [-0.2, 0) is 22.4 Å². The molecule has 9 heteroatoms. The number of aliphatic carboxylic acids is 1. The number of amides is 1. The van der Waals surface area contributed by atoms with Gasteiger partial charge in [0.25, 0.3) is 5.91 Å². The average molecular weight is 596 g/mol. The van der Waals surface area contributed by atoms with Gasteiger partial charge in [0, 0.05) is 33.9 Å². The minimum Gasteiger partial charge on any atom is -0.497 e. The number of anilines is 1. The molecule has 2 aliphatic rings. The van der Waals surface area contributed by atoms with Crippen LogP contribution in [0.15, 0.2) is 30.3 Å². The van der Waals surface area contributed by atoms with Crippen LogP contribution < -0.4 is 14.4 Å². The number of ether oxygens (including phenoxy) is 3. The standard InChI is InChI=1S/C33H35ClFNO6/c1-17-12-26-23(9-10-36(26)31(37)19-13-20(34)15-21(14-19)40-6)28(27(17)30(32(38)39)42-33(3,4)5)24-16-25(35)29-22(18(24)2)8-7-11-41-29/h12-16,30H,7-11H2,1-6H3,(H,38,39). The van der Waals surface area contributed by atoms with Gasteiger partial charge in [0.1, 0.15) is 5.75 Å². The first-order valence-corrected chi connectivity index (χ1v) is 14.4. The van der Waals surface area contributed by atoms with Crippen molar-refractivity contribution in [1.29, 1.82) is 0 Å². The summed E-state index contributed by atoms with van der Waals surface area (Å²) in [5.41, 5.74) is 4.84. The van der Waals surface area contributed by atoms with Gasteiger partial charge in [-0.1, -0.05) is 11.6 Å². The van der Waals surface area contributed by atoms with Crippen LogP contribution in [-0.4, -0.2) is 42.8 Å². The van der Waals surface area contributed by atoms with Crippen molar-refractivity contribution in [2.45, 2.75) is 65.6 Å². The van der Waals surface area contributed by atoms with Crippen molar-refractivity contribution in [2.24, 2.45) is 0 Å². The minimum atomic E-state index is -1.32. The predicted molar refractivity (Wildman–Crippen MR) is 160 cm³/mol. The summed E-state index contributed by atoms with van der Waals surface area (Å²) in [6.07, 6.45) is 0.531. The summed E-state index contributed by atoms with van der Waals surface area (Å²) >= 11 is 6.27. The van der Waals surface area contributed by atoms with E-state index >= 15 is 4.39 Å². The zero-order valence-electron chi connectivity index (χ0n) is 24.7. The molecule has 0 aliphatic carbocycles. The third-order valence-electron chi connectivity index (χ3n) is 7.80. The molecule has 222 valence electrons. The summed E-state index contributed by atoms with van der Waals surface area (Å²) in [7, 11) is 1.51. The quantitative estimate of drug-likeness (QED) is 0.323. The summed E-state index contributed by atoms with van der Waals surface area (Å²) in [5, 5.41) is 10.8. The van der Waals surface area contributed by atoms with Gasteiger partial charge in [0.05, 0.1) is 19.3 Å². The number of carboxylic acids is 1. The molecular weight excluding hydrogens is 561 g/mol. The fourth-order valence-corrected chi connectivity index (χ4v) is 6.24. The van der Waals surface area contributed by atoms with Crippen LogP contribution in [0.25, 0.3) is 11.1 Å². The lowest BCUT2D eigenvalue weighted by atomic mass is 9.83. The Balaban J connectivity index is 1.76. The van der Waals surface area contributed by atoms with Gasteiger partial charge >= 0.3 is 5.97 Å². The highest BCUT2D eigenvalue weighted by Crippen LogP contribution is 2.48. The fourth-order valence-electron chi connectivity index (χ4n) is 6.02. The molecule has 3 aromatic rings. The van der Waals surface area contributed by atoms with E-state index < -0.39 is 23.5 Å². The molecule has 3 aromatic carbocycles. The second-order valence-corrected chi connectivity index (χ2v) is 12.2. The van der Waals surface area contributed by atoms with Crippen molar-refractivity contribution < 1.29 is 33.3 Å². The number of halogens is 2. The van der Waals surface area contributed by atoms with E-state index in [2.05, 4.69) is 0 Å². The van der Waals surface area contributed by atoms with Gasteiger partial charge in [0.15, 0.2) is 17.7 Å². The van der Waals surface area contributed by atoms with Crippen LogP contribution in [0.1, 0.15) is 71.5 Å². The topological polar surface area (TPSA) is 85.3 Å². The number of benzene rings is 3. The molecule has 0 saturated carbocycles. The second kappa shape index (κ2) is 11.2. The Morgan fingerprint density at radius 3 is 2.50 bits per heavy atom. The number of carbonyl (C=O) groups excluding carboxylic acids is 1. The summed E-state index contributed by atoms with van der Waals surface area (Å²) in [4.78, 5) is 28.2. The van der Waals surface area contributed by atoms with Crippen molar-refractivity contribution >= 4 is 29.2 Å². The molecule has 1 atom stereocenters. The molecule has 2 heterocycles. The third kappa shape index (κ3) is 5.45. The molecule has 1 amide bonds. The molecule has 0 saturated heterocycles. The van der Waals surface area contributed by atoms with Gasteiger partial charge in [-0.2, -0.15) is 0 Å². The van der Waals surface area contributed by atoms with E-state index in [4.69, 9.17) is 25.8 Å². The minimum absolute atomic E-state index is 0.251. The highest BCUT2D eigenvalue weighted by molar-refractivity contribution is 6.31. The summed E-state index contributed by atoms with van der Waals surface area (Å²) in [6.45, 7) is 9.91. The molecular formula is C33H35ClFNO6. The van der Waals surface area contributed by atoms with E-state index in [-0.39, 0.29) is 11.7 Å². The van der Waals surface area contributed by atoms with Crippen LogP contribution in [0.3, 0.4) is 0 Å². The molecule has 0 bridgehead atoms. The Bertz CT molecular complexity index is 1590.